The van der Waals surface area contributed by atoms with Crippen LogP contribution in [0.1, 0.15) is 23.2 Å². The zero-order chi connectivity index (χ0) is 15.2. The minimum atomic E-state index is -4.58. The molecule has 1 aromatic heterocycles. The van der Waals surface area contributed by atoms with E-state index in [1.165, 1.54) is 0 Å². The van der Waals surface area contributed by atoms with Gasteiger partial charge in [0.25, 0.3) is 0 Å². The van der Waals surface area contributed by atoms with E-state index in [9.17, 15) is 17.6 Å². The summed E-state index contributed by atoms with van der Waals surface area (Å²) in [5.74, 6) is -0.785. The molecular formula is C14H10F4N2S. The van der Waals surface area contributed by atoms with E-state index < -0.39 is 17.6 Å². The van der Waals surface area contributed by atoms with Crippen LogP contribution in [-0.4, -0.2) is 9.97 Å². The van der Waals surface area contributed by atoms with Gasteiger partial charge in [0.1, 0.15) is 16.3 Å². The highest BCUT2D eigenvalue weighted by molar-refractivity contribution is 7.71. The first-order chi connectivity index (χ1) is 9.86. The maximum absolute atomic E-state index is 13.4. The van der Waals surface area contributed by atoms with Gasteiger partial charge in [-0.05, 0) is 37.5 Å². The lowest BCUT2D eigenvalue weighted by atomic mass is 10.1. The fraction of sp³-hybridized carbons (Fsp3) is 0.286. The first kappa shape index (κ1) is 14.2. The second-order valence-electron chi connectivity index (χ2n) is 4.89. The molecule has 3 rings (SSSR count). The van der Waals surface area contributed by atoms with E-state index in [1.54, 1.807) is 0 Å². The SMILES string of the molecule is Fc1ccc(C(F)(F)F)c(-c2nc(=S)c3c([nH]2)CCC3)c1. The molecule has 0 saturated carbocycles. The van der Waals surface area contributed by atoms with Crippen molar-refractivity contribution in [2.24, 2.45) is 0 Å². The van der Waals surface area contributed by atoms with Crippen molar-refractivity contribution in [3.63, 3.8) is 0 Å². The third-order valence-corrected chi connectivity index (χ3v) is 3.84. The highest BCUT2D eigenvalue weighted by Gasteiger charge is 2.34. The Morgan fingerprint density at radius 1 is 1.19 bits per heavy atom. The number of aryl methyl sites for hydroxylation is 1. The van der Waals surface area contributed by atoms with Gasteiger partial charge in [-0.25, -0.2) is 9.37 Å². The molecule has 110 valence electrons. The quantitative estimate of drug-likeness (QED) is 0.622. The topological polar surface area (TPSA) is 28.7 Å². The standard InChI is InChI=1S/C14H10F4N2S/c15-7-4-5-10(14(16,17)18)9(6-7)12-19-11-3-1-2-8(11)13(21)20-12/h4-6H,1-3H2,(H,19,20,21). The fourth-order valence-corrected chi connectivity index (χ4v) is 2.86. The normalized spacial score (nSPS) is 14.3. The van der Waals surface area contributed by atoms with Crippen LogP contribution in [0.4, 0.5) is 17.6 Å². The molecular weight excluding hydrogens is 304 g/mol. The molecule has 1 aromatic carbocycles. The number of nitrogens with zero attached hydrogens (tertiary/aromatic N) is 1. The summed E-state index contributed by atoms with van der Waals surface area (Å²) < 4.78 is 52.8. The number of halogens is 4. The van der Waals surface area contributed by atoms with Crippen LogP contribution < -0.4 is 0 Å². The molecule has 1 aliphatic rings. The fourth-order valence-electron chi connectivity index (χ4n) is 2.54. The molecule has 0 fully saturated rings. The summed E-state index contributed by atoms with van der Waals surface area (Å²) in [6.45, 7) is 0. The first-order valence-electron chi connectivity index (χ1n) is 6.35. The van der Waals surface area contributed by atoms with Crippen LogP contribution in [0, 0.1) is 10.5 Å². The predicted octanol–water partition coefficient (Wildman–Crippen LogP) is 4.45. The van der Waals surface area contributed by atoms with Crippen LogP contribution >= 0.6 is 12.2 Å². The maximum Gasteiger partial charge on any atom is 0.417 e. The second kappa shape index (κ2) is 4.91. The molecule has 7 heteroatoms. The molecule has 0 unspecified atom stereocenters. The van der Waals surface area contributed by atoms with Crippen LogP contribution in [-0.2, 0) is 19.0 Å². The summed E-state index contributed by atoms with van der Waals surface area (Å²) in [4.78, 5) is 6.90. The van der Waals surface area contributed by atoms with Gasteiger partial charge in [-0.1, -0.05) is 12.2 Å². The van der Waals surface area contributed by atoms with Gasteiger partial charge >= 0.3 is 6.18 Å². The van der Waals surface area contributed by atoms with Gasteiger partial charge in [0.15, 0.2) is 0 Å². The van der Waals surface area contributed by atoms with Crippen LogP contribution in [0.25, 0.3) is 11.4 Å². The molecule has 0 bridgehead atoms. The summed E-state index contributed by atoms with van der Waals surface area (Å²) in [7, 11) is 0. The Labute approximate surface area is 122 Å². The van der Waals surface area contributed by atoms with Crippen molar-refractivity contribution in [1.82, 2.24) is 9.97 Å². The first-order valence-corrected chi connectivity index (χ1v) is 6.76. The van der Waals surface area contributed by atoms with Gasteiger partial charge in [0.05, 0.1) is 5.56 Å². The number of hydrogen-bond acceptors (Lipinski definition) is 2. The molecule has 1 heterocycles. The van der Waals surface area contributed by atoms with E-state index in [1.807, 2.05) is 0 Å². The third kappa shape index (κ3) is 2.57. The number of aromatic amines is 1. The summed E-state index contributed by atoms with van der Waals surface area (Å²) in [6, 6.07) is 2.34. The van der Waals surface area contributed by atoms with Crippen molar-refractivity contribution in [2.75, 3.05) is 0 Å². The van der Waals surface area contributed by atoms with E-state index in [-0.39, 0.29) is 16.0 Å². The predicted molar refractivity (Wildman–Crippen MR) is 71.8 cm³/mol. The second-order valence-corrected chi connectivity index (χ2v) is 5.28. The number of rotatable bonds is 1. The van der Waals surface area contributed by atoms with E-state index in [0.29, 0.717) is 6.42 Å². The van der Waals surface area contributed by atoms with Crippen LogP contribution in [0.5, 0.6) is 0 Å². The highest BCUT2D eigenvalue weighted by atomic mass is 32.1. The lowest BCUT2D eigenvalue weighted by Crippen LogP contribution is -2.09. The minimum Gasteiger partial charge on any atom is -0.343 e. The number of benzene rings is 1. The van der Waals surface area contributed by atoms with Crippen molar-refractivity contribution < 1.29 is 17.6 Å². The summed E-state index contributed by atoms with van der Waals surface area (Å²) in [6.07, 6.45) is -2.21. The summed E-state index contributed by atoms with van der Waals surface area (Å²) in [5.41, 5.74) is 0.421. The van der Waals surface area contributed by atoms with E-state index >= 15 is 0 Å². The average molecular weight is 314 g/mol. The molecule has 2 aromatic rings. The number of aromatic nitrogens is 2. The lowest BCUT2D eigenvalue weighted by molar-refractivity contribution is -0.137. The number of nitrogens with one attached hydrogen (secondary N) is 1. The van der Waals surface area contributed by atoms with Crippen LogP contribution in [0.3, 0.4) is 0 Å². The molecule has 0 atom stereocenters. The minimum absolute atomic E-state index is 0.0347. The van der Waals surface area contributed by atoms with Gasteiger partial charge in [-0.3, -0.25) is 0 Å². The molecule has 2 nitrogen and oxygen atoms in total. The summed E-state index contributed by atoms with van der Waals surface area (Å²) >= 11 is 5.13. The van der Waals surface area contributed by atoms with Gasteiger partial charge in [-0.2, -0.15) is 13.2 Å². The van der Waals surface area contributed by atoms with E-state index in [0.717, 1.165) is 42.3 Å². The van der Waals surface area contributed by atoms with E-state index in [4.69, 9.17) is 12.2 Å². The molecule has 21 heavy (non-hydrogen) atoms. The van der Waals surface area contributed by atoms with Gasteiger partial charge in [-0.15, -0.1) is 0 Å². The maximum atomic E-state index is 13.4. The molecule has 0 saturated heterocycles. The number of hydrogen-bond donors (Lipinski definition) is 1. The highest BCUT2D eigenvalue weighted by Crippen LogP contribution is 2.37. The molecule has 0 aliphatic heterocycles. The molecule has 0 amide bonds. The molecule has 0 spiro atoms. The zero-order valence-corrected chi connectivity index (χ0v) is 11.5. The Bertz CT molecular complexity index is 765. The van der Waals surface area contributed by atoms with Gasteiger partial charge in [0.2, 0.25) is 0 Å². The average Bonchev–Trinajstić information content (AvgIpc) is 2.86. The molecule has 0 radical (unpaired) electrons. The number of H-pyrrole nitrogens is 1. The Morgan fingerprint density at radius 3 is 2.67 bits per heavy atom. The van der Waals surface area contributed by atoms with Crippen molar-refractivity contribution >= 4 is 12.2 Å². The van der Waals surface area contributed by atoms with Crippen molar-refractivity contribution in [1.29, 1.82) is 0 Å². The van der Waals surface area contributed by atoms with Crippen molar-refractivity contribution in [3.8, 4) is 11.4 Å². The van der Waals surface area contributed by atoms with Gasteiger partial charge in [0, 0.05) is 16.8 Å². The summed E-state index contributed by atoms with van der Waals surface area (Å²) in [5, 5.41) is 0. The Kier molecular flexibility index (Phi) is 3.32. The van der Waals surface area contributed by atoms with Gasteiger partial charge < -0.3 is 4.98 Å². The monoisotopic (exact) mass is 314 g/mol. The Morgan fingerprint density at radius 2 is 1.95 bits per heavy atom. The Hall–Kier alpha value is -1.76. The Balaban J connectivity index is 2.24. The zero-order valence-electron chi connectivity index (χ0n) is 10.7. The van der Waals surface area contributed by atoms with Crippen molar-refractivity contribution in [2.45, 2.75) is 25.4 Å². The lowest BCUT2D eigenvalue weighted by Gasteiger charge is -2.13. The van der Waals surface area contributed by atoms with Crippen LogP contribution in [0.15, 0.2) is 18.2 Å². The number of fused-ring (bicyclic) bond motifs is 1. The van der Waals surface area contributed by atoms with Crippen molar-refractivity contribution in [3.05, 3.63) is 45.5 Å². The molecule has 1 N–H and O–H groups in total. The number of alkyl halides is 3. The van der Waals surface area contributed by atoms with E-state index in [2.05, 4.69) is 9.97 Å². The molecule has 1 aliphatic carbocycles. The third-order valence-electron chi connectivity index (χ3n) is 3.50. The largest absolute Gasteiger partial charge is 0.417 e. The smallest absolute Gasteiger partial charge is 0.343 e. The van der Waals surface area contributed by atoms with Crippen LogP contribution in [0.2, 0.25) is 0 Å².